The van der Waals surface area contributed by atoms with Gasteiger partial charge in [-0.25, -0.2) is 4.98 Å². The van der Waals surface area contributed by atoms with E-state index in [2.05, 4.69) is 17.1 Å². The summed E-state index contributed by atoms with van der Waals surface area (Å²) < 4.78 is 19.6. The zero-order valence-corrected chi connectivity index (χ0v) is 15.4. The Labute approximate surface area is 159 Å². The van der Waals surface area contributed by atoms with Crippen LogP contribution in [0.15, 0.2) is 48.7 Å². The van der Waals surface area contributed by atoms with Crippen molar-refractivity contribution in [2.45, 2.75) is 31.8 Å². The van der Waals surface area contributed by atoms with Crippen LogP contribution in [0.2, 0.25) is 0 Å². The smallest absolute Gasteiger partial charge is 0.254 e. The topological polar surface area (TPSA) is 42.4 Å². The molecule has 5 heteroatoms. The van der Waals surface area contributed by atoms with Crippen LogP contribution < -0.4 is 0 Å². The molecule has 1 aromatic heterocycles. The molecule has 142 valence electrons. The van der Waals surface area contributed by atoms with Crippen LogP contribution >= 0.6 is 0 Å². The van der Waals surface area contributed by atoms with Gasteiger partial charge in [-0.2, -0.15) is 4.39 Å². The normalized spacial score (nSPS) is 22.6. The largest absolute Gasteiger partial charge is 0.377 e. The molecular formula is C22H25FN2O2. The summed E-state index contributed by atoms with van der Waals surface area (Å²) >= 11 is 0. The van der Waals surface area contributed by atoms with Crippen molar-refractivity contribution in [1.29, 1.82) is 0 Å². The zero-order chi connectivity index (χ0) is 18.6. The maximum Gasteiger partial charge on any atom is 0.254 e. The van der Waals surface area contributed by atoms with Crippen LogP contribution in [-0.2, 0) is 11.2 Å². The third kappa shape index (κ3) is 4.72. The van der Waals surface area contributed by atoms with Crippen molar-refractivity contribution in [2.24, 2.45) is 11.8 Å². The summed E-state index contributed by atoms with van der Waals surface area (Å²) in [6.07, 6.45) is 5.76. The van der Waals surface area contributed by atoms with Crippen LogP contribution in [0.5, 0.6) is 0 Å². The van der Waals surface area contributed by atoms with Gasteiger partial charge in [0.25, 0.3) is 5.91 Å². The number of amides is 1. The number of hydrogen-bond donors (Lipinski definition) is 0. The molecule has 0 N–H and O–H groups in total. The van der Waals surface area contributed by atoms with E-state index < -0.39 is 5.95 Å². The lowest BCUT2D eigenvalue weighted by Gasteiger charge is -2.38. The fourth-order valence-electron chi connectivity index (χ4n) is 3.79. The number of pyridine rings is 1. The van der Waals surface area contributed by atoms with Crippen molar-refractivity contribution in [1.82, 2.24) is 9.88 Å². The summed E-state index contributed by atoms with van der Waals surface area (Å²) in [5.74, 6) is 0.219. The quantitative estimate of drug-likeness (QED) is 0.730. The Bertz CT molecular complexity index is 779. The molecule has 1 aliphatic carbocycles. The predicted octanol–water partition coefficient (Wildman–Crippen LogP) is 3.72. The molecule has 0 bridgehead atoms. The molecule has 1 aliphatic heterocycles. The van der Waals surface area contributed by atoms with Gasteiger partial charge < -0.3 is 9.64 Å². The molecule has 1 saturated carbocycles. The Morgan fingerprint density at radius 2 is 2.00 bits per heavy atom. The summed E-state index contributed by atoms with van der Waals surface area (Å²) in [7, 11) is 0. The predicted molar refractivity (Wildman–Crippen MR) is 101 cm³/mol. The molecule has 1 saturated heterocycles. The molecule has 2 aliphatic rings. The number of carbonyl (C=O) groups excluding carboxylic acids is 1. The molecule has 0 radical (unpaired) electrons. The van der Waals surface area contributed by atoms with Gasteiger partial charge in [0.2, 0.25) is 5.95 Å². The number of ether oxygens (including phenoxy) is 1. The zero-order valence-electron chi connectivity index (χ0n) is 15.4. The van der Waals surface area contributed by atoms with E-state index in [1.807, 2.05) is 23.1 Å². The average Bonchev–Trinajstić information content (AvgIpc) is 3.52. The second-order valence-corrected chi connectivity index (χ2v) is 7.67. The van der Waals surface area contributed by atoms with Crippen molar-refractivity contribution in [3.8, 4) is 0 Å². The lowest BCUT2D eigenvalue weighted by Crippen LogP contribution is -2.47. The van der Waals surface area contributed by atoms with Crippen LogP contribution in [0.1, 0.15) is 35.2 Å². The van der Waals surface area contributed by atoms with Crippen molar-refractivity contribution < 1.29 is 13.9 Å². The highest BCUT2D eigenvalue weighted by Crippen LogP contribution is 2.32. The second kappa shape index (κ2) is 8.17. The Morgan fingerprint density at radius 3 is 2.74 bits per heavy atom. The summed E-state index contributed by atoms with van der Waals surface area (Å²) in [5.41, 5.74) is 1.62. The first-order chi connectivity index (χ1) is 13.2. The van der Waals surface area contributed by atoms with E-state index in [9.17, 15) is 9.18 Å². The standard InChI is InChI=1S/C22H25FN2O2/c23-21-13-18(8-10-24-21)22(26)25-11-9-20(27-15-17-6-7-17)19(14-25)12-16-4-2-1-3-5-16/h1-5,8,10,13,17,19-20H,6-7,9,11-12,14-15H2/t19-,20-/m1/s1. The minimum atomic E-state index is -0.621. The van der Waals surface area contributed by atoms with Crippen LogP contribution in [-0.4, -0.2) is 41.6 Å². The lowest BCUT2D eigenvalue weighted by atomic mass is 9.88. The van der Waals surface area contributed by atoms with Gasteiger partial charge in [0.1, 0.15) is 0 Å². The van der Waals surface area contributed by atoms with E-state index in [0.29, 0.717) is 18.7 Å². The number of benzene rings is 1. The van der Waals surface area contributed by atoms with Gasteiger partial charge in [-0.3, -0.25) is 4.79 Å². The van der Waals surface area contributed by atoms with Crippen molar-refractivity contribution in [3.05, 3.63) is 65.7 Å². The number of piperidine rings is 1. The van der Waals surface area contributed by atoms with Crippen molar-refractivity contribution in [2.75, 3.05) is 19.7 Å². The van der Waals surface area contributed by atoms with Gasteiger partial charge in [-0.1, -0.05) is 30.3 Å². The Balaban J connectivity index is 1.46. The monoisotopic (exact) mass is 368 g/mol. The summed E-state index contributed by atoms with van der Waals surface area (Å²) in [6.45, 7) is 2.11. The fourth-order valence-corrected chi connectivity index (χ4v) is 3.79. The lowest BCUT2D eigenvalue weighted by molar-refractivity contribution is -0.0326. The molecule has 2 fully saturated rings. The number of rotatable bonds is 6. The maximum absolute atomic E-state index is 13.4. The van der Waals surface area contributed by atoms with E-state index in [-0.39, 0.29) is 17.9 Å². The SMILES string of the molecule is O=C(c1ccnc(F)c1)N1CC[C@@H](OCC2CC2)[C@H](Cc2ccccc2)C1. The summed E-state index contributed by atoms with van der Waals surface area (Å²) in [4.78, 5) is 18.2. The van der Waals surface area contributed by atoms with Crippen molar-refractivity contribution in [3.63, 3.8) is 0 Å². The maximum atomic E-state index is 13.4. The number of hydrogen-bond acceptors (Lipinski definition) is 3. The van der Waals surface area contributed by atoms with Gasteiger partial charge in [-0.05, 0) is 43.2 Å². The number of carbonyl (C=O) groups is 1. The molecule has 4 nitrogen and oxygen atoms in total. The van der Waals surface area contributed by atoms with Gasteiger partial charge in [-0.15, -0.1) is 0 Å². The number of halogens is 1. The van der Waals surface area contributed by atoms with E-state index >= 15 is 0 Å². The Kier molecular flexibility index (Phi) is 5.48. The molecule has 1 aromatic carbocycles. The van der Waals surface area contributed by atoms with Gasteiger partial charge >= 0.3 is 0 Å². The molecule has 4 rings (SSSR count). The van der Waals surface area contributed by atoms with Crippen LogP contribution in [0.3, 0.4) is 0 Å². The number of aromatic nitrogens is 1. The molecule has 1 amide bonds. The first kappa shape index (κ1) is 18.1. The highest BCUT2D eigenvalue weighted by atomic mass is 19.1. The van der Waals surface area contributed by atoms with E-state index in [1.54, 1.807) is 6.07 Å². The van der Waals surface area contributed by atoms with Crippen molar-refractivity contribution >= 4 is 5.91 Å². The first-order valence-electron chi connectivity index (χ1n) is 9.75. The Morgan fingerprint density at radius 1 is 1.19 bits per heavy atom. The first-order valence-corrected chi connectivity index (χ1v) is 9.75. The molecular weight excluding hydrogens is 343 g/mol. The fraction of sp³-hybridized carbons (Fsp3) is 0.455. The van der Waals surface area contributed by atoms with Crippen LogP contribution in [0, 0.1) is 17.8 Å². The van der Waals surface area contributed by atoms with E-state index in [1.165, 1.54) is 30.7 Å². The summed E-state index contributed by atoms with van der Waals surface area (Å²) in [6, 6.07) is 13.1. The van der Waals surface area contributed by atoms with E-state index in [4.69, 9.17) is 4.74 Å². The van der Waals surface area contributed by atoms with Gasteiger partial charge in [0, 0.05) is 43.4 Å². The third-order valence-corrected chi connectivity index (χ3v) is 5.51. The highest BCUT2D eigenvalue weighted by molar-refractivity contribution is 5.94. The number of likely N-dealkylation sites (tertiary alicyclic amines) is 1. The van der Waals surface area contributed by atoms with Gasteiger partial charge in [0.15, 0.2) is 0 Å². The molecule has 0 unspecified atom stereocenters. The summed E-state index contributed by atoms with van der Waals surface area (Å²) in [5, 5.41) is 0. The Hall–Kier alpha value is -2.27. The van der Waals surface area contributed by atoms with Crippen LogP contribution in [0.25, 0.3) is 0 Å². The van der Waals surface area contributed by atoms with E-state index in [0.717, 1.165) is 25.4 Å². The average molecular weight is 368 g/mol. The minimum absolute atomic E-state index is 0.130. The second-order valence-electron chi connectivity index (χ2n) is 7.67. The molecule has 2 atom stereocenters. The molecule has 27 heavy (non-hydrogen) atoms. The van der Waals surface area contributed by atoms with Gasteiger partial charge in [0.05, 0.1) is 6.10 Å². The highest BCUT2D eigenvalue weighted by Gasteiger charge is 2.34. The van der Waals surface area contributed by atoms with Crippen LogP contribution in [0.4, 0.5) is 4.39 Å². The molecule has 2 aromatic rings. The molecule has 2 heterocycles. The minimum Gasteiger partial charge on any atom is -0.377 e. The third-order valence-electron chi connectivity index (χ3n) is 5.51. The number of nitrogens with zero attached hydrogens (tertiary/aromatic N) is 2. The molecule has 0 spiro atoms.